The molecular weight excluding hydrogens is 421 g/mol. The first-order chi connectivity index (χ1) is 11.3. The molecule has 0 heterocycles. The van der Waals surface area contributed by atoms with Crippen molar-refractivity contribution < 1.29 is 19.1 Å². The molecule has 0 fully saturated rings. The summed E-state index contributed by atoms with van der Waals surface area (Å²) in [6.45, 7) is 2.38. The third kappa shape index (κ3) is 6.16. The number of hydrogen-bond acceptors (Lipinski definition) is 4. The van der Waals surface area contributed by atoms with E-state index in [4.69, 9.17) is 67.5 Å². The Labute approximate surface area is 165 Å². The van der Waals surface area contributed by atoms with Crippen LogP contribution in [0.5, 0.6) is 5.75 Å². The molecule has 24 heavy (non-hydrogen) atoms. The topological polar surface area (TPSA) is 52.6 Å². The minimum Gasteiger partial charge on any atom is -0.466 e. The van der Waals surface area contributed by atoms with Crippen molar-refractivity contribution in [1.82, 2.24) is 0 Å². The van der Waals surface area contributed by atoms with E-state index >= 15 is 0 Å². The zero-order chi connectivity index (χ0) is 18.3. The van der Waals surface area contributed by atoms with Gasteiger partial charge >= 0.3 is 11.9 Å². The van der Waals surface area contributed by atoms with Gasteiger partial charge in [-0.3, -0.25) is 9.59 Å². The second-order valence-corrected chi connectivity index (χ2v) is 6.69. The van der Waals surface area contributed by atoms with Crippen molar-refractivity contribution in [1.29, 1.82) is 0 Å². The fraction of sp³-hybridized carbons (Fsp3) is 0.467. The van der Waals surface area contributed by atoms with E-state index in [0.29, 0.717) is 6.61 Å². The maximum Gasteiger partial charge on any atom is 0.311 e. The zero-order valence-electron chi connectivity index (χ0n) is 12.8. The molecule has 0 atom stereocenters. The molecule has 0 aliphatic carbocycles. The largest absolute Gasteiger partial charge is 0.466 e. The van der Waals surface area contributed by atoms with E-state index in [2.05, 4.69) is 0 Å². The number of carbonyl (C=O) groups is 2. The standard InChI is InChI=1S/C15H15Cl5O4/c1-2-3-7-23-8(21)5-4-6-9(22)24-15-13(19)11(17)10(16)12(18)14(15)20/h2-7H2,1H3. The van der Waals surface area contributed by atoms with Crippen LogP contribution in [0.15, 0.2) is 0 Å². The zero-order valence-corrected chi connectivity index (χ0v) is 16.5. The van der Waals surface area contributed by atoms with Gasteiger partial charge in [-0.15, -0.1) is 0 Å². The van der Waals surface area contributed by atoms with Gasteiger partial charge in [0.15, 0.2) is 5.75 Å². The van der Waals surface area contributed by atoms with Crippen molar-refractivity contribution in [2.45, 2.75) is 39.0 Å². The van der Waals surface area contributed by atoms with Crippen molar-refractivity contribution in [3.8, 4) is 5.75 Å². The highest BCUT2D eigenvalue weighted by Crippen LogP contribution is 2.48. The summed E-state index contributed by atoms with van der Waals surface area (Å²) in [7, 11) is 0. The minimum atomic E-state index is -0.630. The van der Waals surface area contributed by atoms with Crippen LogP contribution in [-0.4, -0.2) is 18.5 Å². The summed E-state index contributed by atoms with van der Waals surface area (Å²) in [5.74, 6) is -1.15. The van der Waals surface area contributed by atoms with Crippen molar-refractivity contribution >= 4 is 69.9 Å². The first kappa shape index (κ1) is 21.7. The van der Waals surface area contributed by atoms with Crippen LogP contribution in [0.4, 0.5) is 0 Å². The maximum atomic E-state index is 11.9. The fourth-order valence-electron chi connectivity index (χ4n) is 1.62. The molecule has 0 N–H and O–H groups in total. The lowest BCUT2D eigenvalue weighted by atomic mass is 10.2. The van der Waals surface area contributed by atoms with Crippen molar-refractivity contribution in [3.63, 3.8) is 0 Å². The molecule has 9 heteroatoms. The van der Waals surface area contributed by atoms with Crippen LogP contribution in [0.1, 0.15) is 39.0 Å². The molecule has 1 aromatic carbocycles. The summed E-state index contributed by atoms with van der Waals surface area (Å²) in [6, 6.07) is 0. The van der Waals surface area contributed by atoms with Gasteiger partial charge in [0.1, 0.15) is 10.0 Å². The van der Waals surface area contributed by atoms with Gasteiger partial charge in [0.25, 0.3) is 0 Å². The Balaban J connectivity index is 2.56. The highest BCUT2D eigenvalue weighted by Gasteiger charge is 2.22. The van der Waals surface area contributed by atoms with E-state index < -0.39 is 5.97 Å². The van der Waals surface area contributed by atoms with Gasteiger partial charge in [-0.25, -0.2) is 0 Å². The van der Waals surface area contributed by atoms with Crippen LogP contribution in [0.3, 0.4) is 0 Å². The van der Waals surface area contributed by atoms with Gasteiger partial charge in [0, 0.05) is 12.8 Å². The van der Waals surface area contributed by atoms with E-state index in [1.807, 2.05) is 6.92 Å². The van der Waals surface area contributed by atoms with E-state index in [9.17, 15) is 9.59 Å². The first-order valence-electron chi connectivity index (χ1n) is 7.17. The van der Waals surface area contributed by atoms with E-state index in [-0.39, 0.29) is 56.1 Å². The van der Waals surface area contributed by atoms with Gasteiger partial charge < -0.3 is 9.47 Å². The van der Waals surface area contributed by atoms with Crippen LogP contribution in [0, 0.1) is 0 Å². The van der Waals surface area contributed by atoms with Crippen LogP contribution >= 0.6 is 58.0 Å². The molecule has 0 radical (unpaired) electrons. The van der Waals surface area contributed by atoms with Crippen LogP contribution < -0.4 is 4.74 Å². The summed E-state index contributed by atoms with van der Waals surface area (Å²) >= 11 is 29.6. The Morgan fingerprint density at radius 3 is 1.83 bits per heavy atom. The Morgan fingerprint density at radius 1 is 0.792 bits per heavy atom. The van der Waals surface area contributed by atoms with Crippen molar-refractivity contribution in [2.75, 3.05) is 6.61 Å². The van der Waals surface area contributed by atoms with Gasteiger partial charge in [-0.05, 0) is 12.8 Å². The number of hydrogen-bond donors (Lipinski definition) is 0. The van der Waals surface area contributed by atoms with Gasteiger partial charge in [-0.1, -0.05) is 71.3 Å². The Bertz CT molecular complexity index is 589. The van der Waals surface area contributed by atoms with Crippen molar-refractivity contribution in [3.05, 3.63) is 25.1 Å². The highest BCUT2D eigenvalue weighted by atomic mass is 35.5. The maximum absolute atomic E-state index is 11.9. The van der Waals surface area contributed by atoms with E-state index in [0.717, 1.165) is 12.8 Å². The first-order valence-corrected chi connectivity index (χ1v) is 9.06. The number of ether oxygens (including phenoxy) is 2. The summed E-state index contributed by atoms with van der Waals surface area (Å²) in [4.78, 5) is 23.3. The minimum absolute atomic E-state index is 0.0204. The highest BCUT2D eigenvalue weighted by molar-refractivity contribution is 6.55. The summed E-state index contributed by atoms with van der Waals surface area (Å²) in [5.41, 5.74) is 0. The average Bonchev–Trinajstić information content (AvgIpc) is 2.55. The number of carbonyl (C=O) groups excluding carboxylic acids is 2. The summed E-state index contributed by atoms with van der Waals surface area (Å²) in [5, 5.41) is -0.361. The third-order valence-corrected chi connectivity index (χ3v) is 5.15. The molecule has 0 aliphatic rings. The van der Waals surface area contributed by atoms with Crippen LogP contribution in [0.25, 0.3) is 0 Å². The summed E-state index contributed by atoms with van der Waals surface area (Å²) < 4.78 is 10.1. The summed E-state index contributed by atoms with van der Waals surface area (Å²) in [6.07, 6.45) is 2.11. The van der Waals surface area contributed by atoms with Gasteiger partial charge in [0.2, 0.25) is 0 Å². The van der Waals surface area contributed by atoms with Gasteiger partial charge in [-0.2, -0.15) is 0 Å². The predicted octanol–water partition coefficient (Wildman–Crippen LogP) is 6.37. The molecule has 0 aliphatic heterocycles. The third-order valence-electron chi connectivity index (χ3n) is 2.91. The predicted molar refractivity (Wildman–Crippen MR) is 96.8 cm³/mol. The lowest BCUT2D eigenvalue weighted by Crippen LogP contribution is -2.11. The number of rotatable bonds is 8. The monoisotopic (exact) mass is 434 g/mol. The quantitative estimate of drug-likeness (QED) is 0.156. The second kappa shape index (κ2) is 10.6. The lowest BCUT2D eigenvalue weighted by Gasteiger charge is -2.12. The molecule has 0 saturated heterocycles. The molecule has 0 spiro atoms. The SMILES string of the molecule is CCCCOC(=O)CCCC(=O)Oc1c(Cl)c(Cl)c(Cl)c(Cl)c1Cl. The lowest BCUT2D eigenvalue weighted by molar-refractivity contribution is -0.144. The Kier molecular flexibility index (Phi) is 9.53. The van der Waals surface area contributed by atoms with E-state index in [1.54, 1.807) is 0 Å². The molecule has 0 bridgehead atoms. The fourth-order valence-corrected chi connectivity index (χ4v) is 2.82. The molecule has 0 amide bonds. The molecule has 0 aromatic heterocycles. The Hall–Kier alpha value is -0.390. The number of unbranched alkanes of at least 4 members (excludes halogenated alkanes) is 1. The average molecular weight is 437 g/mol. The number of halogens is 5. The number of benzene rings is 1. The van der Waals surface area contributed by atoms with Crippen LogP contribution in [-0.2, 0) is 14.3 Å². The van der Waals surface area contributed by atoms with E-state index in [1.165, 1.54) is 0 Å². The molecule has 134 valence electrons. The molecule has 4 nitrogen and oxygen atoms in total. The molecule has 0 unspecified atom stereocenters. The number of esters is 2. The molecular formula is C15H15Cl5O4. The Morgan fingerprint density at radius 2 is 1.29 bits per heavy atom. The molecule has 0 saturated carbocycles. The van der Waals surface area contributed by atoms with Crippen LogP contribution in [0.2, 0.25) is 25.1 Å². The van der Waals surface area contributed by atoms with Gasteiger partial charge in [0.05, 0.1) is 21.7 Å². The molecule has 1 rings (SSSR count). The smallest absolute Gasteiger partial charge is 0.311 e. The second-order valence-electron chi connectivity index (χ2n) is 4.80. The molecule has 1 aromatic rings. The normalized spacial score (nSPS) is 10.6. The van der Waals surface area contributed by atoms with Crippen molar-refractivity contribution in [2.24, 2.45) is 0 Å².